The van der Waals surface area contributed by atoms with Crippen LogP contribution >= 0.6 is 11.3 Å². The van der Waals surface area contributed by atoms with E-state index in [4.69, 9.17) is 4.74 Å². The number of rotatable bonds is 7. The van der Waals surface area contributed by atoms with Crippen molar-refractivity contribution in [3.63, 3.8) is 0 Å². The van der Waals surface area contributed by atoms with E-state index in [9.17, 15) is 0 Å². The van der Waals surface area contributed by atoms with Gasteiger partial charge in [-0.3, -0.25) is 4.68 Å². The molecule has 1 N–H and O–H groups in total. The highest BCUT2D eigenvalue weighted by Gasteiger charge is 2.20. The first-order valence-corrected chi connectivity index (χ1v) is 7.55. The van der Waals surface area contributed by atoms with Gasteiger partial charge in [-0.2, -0.15) is 5.10 Å². The van der Waals surface area contributed by atoms with Crippen molar-refractivity contribution in [2.24, 2.45) is 0 Å². The van der Waals surface area contributed by atoms with Crippen molar-refractivity contribution < 1.29 is 4.74 Å². The first kappa shape index (κ1) is 14.1. The molecule has 104 valence electrons. The van der Waals surface area contributed by atoms with Gasteiger partial charge in [0.25, 0.3) is 0 Å². The van der Waals surface area contributed by atoms with Crippen LogP contribution in [0.2, 0.25) is 0 Å². The zero-order valence-corrected chi connectivity index (χ0v) is 12.5. The van der Waals surface area contributed by atoms with E-state index in [1.54, 1.807) is 18.4 Å². The van der Waals surface area contributed by atoms with Gasteiger partial charge in [0.05, 0.1) is 24.2 Å². The van der Waals surface area contributed by atoms with Crippen molar-refractivity contribution in [1.82, 2.24) is 15.1 Å². The quantitative estimate of drug-likeness (QED) is 0.846. The van der Waals surface area contributed by atoms with Crippen LogP contribution in [-0.4, -0.2) is 23.4 Å². The van der Waals surface area contributed by atoms with Crippen molar-refractivity contribution >= 4 is 11.3 Å². The van der Waals surface area contributed by atoms with Crippen LogP contribution in [0.25, 0.3) is 0 Å². The van der Waals surface area contributed by atoms with Crippen molar-refractivity contribution in [3.8, 4) is 5.75 Å². The molecule has 0 spiro atoms. The van der Waals surface area contributed by atoms with Crippen LogP contribution in [0.1, 0.15) is 36.8 Å². The third-order valence-corrected chi connectivity index (χ3v) is 4.01. The Morgan fingerprint density at radius 2 is 2.32 bits per heavy atom. The number of hydrogen-bond donors (Lipinski definition) is 1. The lowest BCUT2D eigenvalue weighted by molar-refractivity contribution is 0.407. The van der Waals surface area contributed by atoms with E-state index in [1.807, 2.05) is 16.9 Å². The molecule has 0 fully saturated rings. The molecule has 19 heavy (non-hydrogen) atoms. The number of nitrogens with one attached hydrogen (secondary N) is 1. The summed E-state index contributed by atoms with van der Waals surface area (Å²) < 4.78 is 7.40. The van der Waals surface area contributed by atoms with Crippen molar-refractivity contribution in [1.29, 1.82) is 0 Å². The molecule has 0 amide bonds. The van der Waals surface area contributed by atoms with E-state index in [0.29, 0.717) is 0 Å². The van der Waals surface area contributed by atoms with E-state index in [1.165, 1.54) is 10.4 Å². The molecule has 2 rings (SSSR count). The van der Waals surface area contributed by atoms with Gasteiger partial charge < -0.3 is 10.1 Å². The minimum absolute atomic E-state index is 0.162. The van der Waals surface area contributed by atoms with Gasteiger partial charge in [-0.05, 0) is 31.3 Å². The number of hydrogen-bond acceptors (Lipinski definition) is 4. The Labute approximate surface area is 118 Å². The van der Waals surface area contributed by atoms with Gasteiger partial charge in [0.1, 0.15) is 5.75 Å². The maximum absolute atomic E-state index is 5.44. The lowest BCUT2D eigenvalue weighted by atomic mass is 10.1. The molecule has 0 aromatic carbocycles. The van der Waals surface area contributed by atoms with Crippen molar-refractivity contribution in [2.45, 2.75) is 32.9 Å². The number of methoxy groups -OCH3 is 1. The summed E-state index contributed by atoms with van der Waals surface area (Å²) in [6.07, 6.45) is 5.15. The Kier molecular flexibility index (Phi) is 4.99. The summed E-state index contributed by atoms with van der Waals surface area (Å²) in [6.45, 7) is 6.13. The average Bonchev–Trinajstić information content (AvgIpc) is 3.08. The minimum Gasteiger partial charge on any atom is -0.496 e. The van der Waals surface area contributed by atoms with Crippen LogP contribution in [0.5, 0.6) is 5.75 Å². The number of thiophene rings is 1. The molecule has 2 aromatic heterocycles. The highest BCUT2D eigenvalue weighted by atomic mass is 32.1. The first-order chi connectivity index (χ1) is 9.30. The lowest BCUT2D eigenvalue weighted by Crippen LogP contribution is -2.22. The number of aromatic nitrogens is 2. The molecule has 0 aliphatic rings. The van der Waals surface area contributed by atoms with Crippen molar-refractivity contribution in [3.05, 3.63) is 34.3 Å². The van der Waals surface area contributed by atoms with E-state index >= 15 is 0 Å². The molecule has 0 aliphatic heterocycles. The number of nitrogens with zero attached hydrogens (tertiary/aromatic N) is 2. The third kappa shape index (κ3) is 3.16. The van der Waals surface area contributed by atoms with Gasteiger partial charge >= 0.3 is 0 Å². The van der Waals surface area contributed by atoms with E-state index in [-0.39, 0.29) is 6.04 Å². The summed E-state index contributed by atoms with van der Waals surface area (Å²) >= 11 is 1.72. The van der Waals surface area contributed by atoms with E-state index < -0.39 is 0 Å². The lowest BCUT2D eigenvalue weighted by Gasteiger charge is -2.17. The Morgan fingerprint density at radius 3 is 2.95 bits per heavy atom. The van der Waals surface area contributed by atoms with Gasteiger partial charge in [-0.25, -0.2) is 0 Å². The Hall–Kier alpha value is -1.33. The fourth-order valence-electron chi connectivity index (χ4n) is 2.04. The van der Waals surface area contributed by atoms with Gasteiger partial charge in [-0.1, -0.05) is 6.92 Å². The molecule has 0 saturated carbocycles. The third-order valence-electron chi connectivity index (χ3n) is 3.05. The average molecular weight is 279 g/mol. The predicted molar refractivity (Wildman–Crippen MR) is 78.9 cm³/mol. The second-order valence-corrected chi connectivity index (χ2v) is 5.32. The van der Waals surface area contributed by atoms with Gasteiger partial charge in [0.2, 0.25) is 0 Å². The zero-order valence-electron chi connectivity index (χ0n) is 11.7. The molecule has 1 atom stereocenters. The molecule has 0 bridgehead atoms. The van der Waals surface area contributed by atoms with Crippen LogP contribution in [0, 0.1) is 0 Å². The monoisotopic (exact) mass is 279 g/mol. The summed E-state index contributed by atoms with van der Waals surface area (Å²) in [6, 6.07) is 2.18. The molecule has 0 saturated heterocycles. The highest BCUT2D eigenvalue weighted by Crippen LogP contribution is 2.34. The molecule has 2 heterocycles. The van der Waals surface area contributed by atoms with Crippen LogP contribution < -0.4 is 10.1 Å². The summed E-state index contributed by atoms with van der Waals surface area (Å²) in [5.41, 5.74) is 1.19. The minimum atomic E-state index is 0.162. The van der Waals surface area contributed by atoms with Crippen LogP contribution in [0.15, 0.2) is 23.8 Å². The van der Waals surface area contributed by atoms with Gasteiger partial charge in [-0.15, -0.1) is 11.3 Å². The smallest absolute Gasteiger partial charge is 0.134 e. The van der Waals surface area contributed by atoms with Crippen LogP contribution in [0.4, 0.5) is 0 Å². The summed E-state index contributed by atoms with van der Waals surface area (Å²) in [5, 5.41) is 10.0. The number of ether oxygens (including phenoxy) is 1. The van der Waals surface area contributed by atoms with E-state index in [2.05, 4.69) is 35.8 Å². The second kappa shape index (κ2) is 6.73. The molecular formula is C14H21N3OS. The molecular weight excluding hydrogens is 258 g/mol. The molecule has 4 nitrogen and oxygen atoms in total. The SMILES string of the molecule is CCCNC(c1cnn(CC)c1)c1sccc1OC. The van der Waals surface area contributed by atoms with Crippen LogP contribution in [-0.2, 0) is 6.54 Å². The number of aryl methyl sites for hydroxylation is 1. The molecule has 2 aromatic rings. The van der Waals surface area contributed by atoms with Crippen LogP contribution in [0.3, 0.4) is 0 Å². The summed E-state index contributed by atoms with van der Waals surface area (Å²) in [4.78, 5) is 1.21. The zero-order chi connectivity index (χ0) is 13.7. The molecule has 5 heteroatoms. The topological polar surface area (TPSA) is 39.1 Å². The maximum atomic E-state index is 5.44. The normalized spacial score (nSPS) is 12.6. The first-order valence-electron chi connectivity index (χ1n) is 6.67. The predicted octanol–water partition coefficient (Wildman–Crippen LogP) is 3.06. The maximum Gasteiger partial charge on any atom is 0.134 e. The summed E-state index contributed by atoms with van der Waals surface area (Å²) in [5.74, 6) is 0.947. The molecule has 0 radical (unpaired) electrons. The van der Waals surface area contributed by atoms with Crippen molar-refractivity contribution in [2.75, 3.05) is 13.7 Å². The fraction of sp³-hybridized carbons (Fsp3) is 0.500. The van der Waals surface area contributed by atoms with E-state index in [0.717, 1.165) is 25.3 Å². The van der Waals surface area contributed by atoms with Gasteiger partial charge in [0, 0.05) is 18.3 Å². The Morgan fingerprint density at radius 1 is 1.47 bits per heavy atom. The van der Waals surface area contributed by atoms with Gasteiger partial charge in [0.15, 0.2) is 0 Å². The second-order valence-electron chi connectivity index (χ2n) is 4.37. The Balaban J connectivity index is 2.29. The summed E-state index contributed by atoms with van der Waals surface area (Å²) in [7, 11) is 1.72. The highest BCUT2D eigenvalue weighted by molar-refractivity contribution is 7.10. The Bertz CT molecular complexity index is 506. The molecule has 0 aliphatic carbocycles. The standard InChI is InChI=1S/C14H21N3OS/c1-4-7-15-13(11-9-16-17(5-2)10-11)14-12(18-3)6-8-19-14/h6,8-10,13,15H,4-5,7H2,1-3H3. The fourth-order valence-corrected chi connectivity index (χ4v) is 3.00. The molecule has 1 unspecified atom stereocenters. The largest absolute Gasteiger partial charge is 0.496 e.